The van der Waals surface area contributed by atoms with Crippen LogP contribution in [0.3, 0.4) is 0 Å². The van der Waals surface area contributed by atoms with Crippen molar-refractivity contribution in [3.05, 3.63) is 80.9 Å². The monoisotopic (exact) mass is 403 g/mol. The van der Waals surface area contributed by atoms with Gasteiger partial charge in [0.05, 0.1) is 6.54 Å². The van der Waals surface area contributed by atoms with Gasteiger partial charge >= 0.3 is 0 Å². The Labute approximate surface area is 165 Å². The summed E-state index contributed by atoms with van der Waals surface area (Å²) in [4.78, 5) is 0. The maximum Gasteiger partial charge on any atom is 0.214 e. The second-order valence-electron chi connectivity index (χ2n) is 5.90. The van der Waals surface area contributed by atoms with Crippen LogP contribution in [0.15, 0.2) is 55.0 Å². The van der Waals surface area contributed by atoms with Gasteiger partial charge in [0.15, 0.2) is 0 Å². The third-order valence-electron chi connectivity index (χ3n) is 4.22. The van der Waals surface area contributed by atoms with E-state index < -0.39 is 0 Å². The number of halogens is 2. The zero-order valence-corrected chi connectivity index (χ0v) is 15.9. The highest BCUT2D eigenvalue weighted by Crippen LogP contribution is 2.26. The second-order valence-corrected chi connectivity index (χ2v) is 7.13. The number of hydrogen-bond acceptors (Lipinski definition) is 3. The van der Waals surface area contributed by atoms with Crippen LogP contribution in [0.2, 0.25) is 10.0 Å². The Kier molecular flexibility index (Phi) is 4.72. The second kappa shape index (κ2) is 7.15. The standard InChI is InChI=1S/C18H15Cl2N5S/c19-14-6-5-12(16(20)7-14)9-24-10-13(15-3-1-2-4-17(15)24)8-22-25-11-21-23-18(25)26/h1-7,10-11,22H,8-9H2,(H,23,26). The van der Waals surface area contributed by atoms with Crippen molar-refractivity contribution in [1.82, 2.24) is 19.4 Å². The summed E-state index contributed by atoms with van der Waals surface area (Å²) >= 11 is 17.5. The minimum atomic E-state index is 0.529. The molecule has 2 N–H and O–H groups in total. The van der Waals surface area contributed by atoms with Crippen molar-refractivity contribution in [3.63, 3.8) is 0 Å². The largest absolute Gasteiger partial charge is 0.343 e. The van der Waals surface area contributed by atoms with E-state index in [1.54, 1.807) is 17.1 Å². The normalized spacial score (nSPS) is 11.2. The molecular weight excluding hydrogens is 389 g/mol. The summed E-state index contributed by atoms with van der Waals surface area (Å²) < 4.78 is 4.41. The van der Waals surface area contributed by atoms with Gasteiger partial charge in [0, 0.05) is 33.7 Å². The van der Waals surface area contributed by atoms with E-state index in [4.69, 9.17) is 35.4 Å². The molecule has 26 heavy (non-hydrogen) atoms. The summed E-state index contributed by atoms with van der Waals surface area (Å²) in [6.07, 6.45) is 3.75. The van der Waals surface area contributed by atoms with E-state index in [0.29, 0.717) is 27.9 Å². The van der Waals surface area contributed by atoms with Crippen LogP contribution in [-0.4, -0.2) is 19.4 Å². The number of para-hydroxylation sites is 1. The molecule has 0 aliphatic heterocycles. The third-order valence-corrected chi connectivity index (χ3v) is 5.09. The van der Waals surface area contributed by atoms with Crippen molar-refractivity contribution in [1.29, 1.82) is 0 Å². The van der Waals surface area contributed by atoms with Crippen LogP contribution in [0.4, 0.5) is 0 Å². The van der Waals surface area contributed by atoms with Gasteiger partial charge < -0.3 is 9.99 Å². The van der Waals surface area contributed by atoms with Gasteiger partial charge in [-0.2, -0.15) is 5.10 Å². The van der Waals surface area contributed by atoms with Gasteiger partial charge in [-0.15, -0.1) is 0 Å². The SMILES string of the molecule is S=c1[nH]ncn1NCc1cn(Cc2ccc(Cl)cc2Cl)c2ccccc12. The van der Waals surface area contributed by atoms with Crippen LogP contribution in [0.25, 0.3) is 10.9 Å². The molecule has 5 nitrogen and oxygen atoms in total. The number of H-pyrrole nitrogens is 1. The quantitative estimate of drug-likeness (QED) is 0.461. The first-order valence-corrected chi connectivity index (χ1v) is 9.15. The average Bonchev–Trinajstić information content (AvgIpc) is 3.19. The van der Waals surface area contributed by atoms with Gasteiger partial charge in [-0.1, -0.05) is 47.5 Å². The number of aromatic amines is 1. The molecule has 4 aromatic rings. The predicted molar refractivity (Wildman–Crippen MR) is 108 cm³/mol. The molecule has 8 heteroatoms. The van der Waals surface area contributed by atoms with Gasteiger partial charge in [-0.25, -0.2) is 4.68 Å². The van der Waals surface area contributed by atoms with E-state index >= 15 is 0 Å². The lowest BCUT2D eigenvalue weighted by Gasteiger charge is -2.08. The summed E-state index contributed by atoms with van der Waals surface area (Å²) in [6, 6.07) is 13.9. The molecule has 0 saturated heterocycles. The molecule has 0 atom stereocenters. The lowest BCUT2D eigenvalue weighted by molar-refractivity contribution is 0.806. The summed E-state index contributed by atoms with van der Waals surface area (Å²) in [5, 5.41) is 9.12. The molecule has 0 saturated carbocycles. The molecule has 0 aliphatic rings. The Balaban J connectivity index is 1.67. The number of hydrogen-bond donors (Lipinski definition) is 2. The highest BCUT2D eigenvalue weighted by Gasteiger charge is 2.10. The first-order chi connectivity index (χ1) is 12.6. The average molecular weight is 404 g/mol. The molecule has 0 spiro atoms. The number of nitrogens with zero attached hydrogens (tertiary/aromatic N) is 3. The van der Waals surface area contributed by atoms with Crippen molar-refractivity contribution in [2.24, 2.45) is 0 Å². The number of rotatable bonds is 5. The topological polar surface area (TPSA) is 50.6 Å². The molecule has 0 bridgehead atoms. The molecule has 0 unspecified atom stereocenters. The van der Waals surface area contributed by atoms with Gasteiger partial charge in [0.1, 0.15) is 6.33 Å². The lowest BCUT2D eigenvalue weighted by Crippen LogP contribution is -2.13. The van der Waals surface area contributed by atoms with Crippen molar-refractivity contribution in [2.75, 3.05) is 5.43 Å². The van der Waals surface area contributed by atoms with Gasteiger partial charge in [-0.05, 0) is 41.5 Å². The van der Waals surface area contributed by atoms with E-state index in [1.807, 2.05) is 24.3 Å². The van der Waals surface area contributed by atoms with Crippen LogP contribution >= 0.6 is 35.4 Å². The smallest absolute Gasteiger partial charge is 0.214 e. The number of nitrogens with one attached hydrogen (secondary N) is 2. The minimum absolute atomic E-state index is 0.529. The van der Waals surface area contributed by atoms with Crippen LogP contribution in [0.1, 0.15) is 11.1 Å². The predicted octanol–water partition coefficient (Wildman–Crippen LogP) is 4.99. The van der Waals surface area contributed by atoms with Crippen molar-refractivity contribution < 1.29 is 0 Å². The van der Waals surface area contributed by atoms with Crippen LogP contribution in [-0.2, 0) is 13.1 Å². The summed E-state index contributed by atoms with van der Waals surface area (Å²) in [5.41, 5.74) is 6.59. The highest BCUT2D eigenvalue weighted by molar-refractivity contribution is 7.71. The van der Waals surface area contributed by atoms with Gasteiger partial charge in [0.25, 0.3) is 0 Å². The van der Waals surface area contributed by atoms with E-state index in [0.717, 1.165) is 16.6 Å². The number of aromatic nitrogens is 4. The van der Waals surface area contributed by atoms with Crippen LogP contribution in [0.5, 0.6) is 0 Å². The van der Waals surface area contributed by atoms with Gasteiger partial charge in [-0.3, -0.25) is 5.10 Å². The Hall–Kier alpha value is -2.28. The maximum atomic E-state index is 6.35. The first kappa shape index (κ1) is 17.1. The maximum absolute atomic E-state index is 6.35. The first-order valence-electron chi connectivity index (χ1n) is 7.98. The fourth-order valence-corrected chi connectivity index (χ4v) is 3.59. The molecule has 132 valence electrons. The Morgan fingerprint density at radius 1 is 1.12 bits per heavy atom. The molecule has 2 aromatic heterocycles. The summed E-state index contributed by atoms with van der Waals surface area (Å²) in [7, 11) is 0. The molecular formula is C18H15Cl2N5S. The number of fused-ring (bicyclic) bond motifs is 1. The van der Waals surface area contributed by atoms with Crippen molar-refractivity contribution in [3.8, 4) is 0 Å². The van der Waals surface area contributed by atoms with E-state index in [2.05, 4.69) is 38.5 Å². The Morgan fingerprint density at radius 2 is 1.96 bits per heavy atom. The molecule has 0 radical (unpaired) electrons. The fourth-order valence-electron chi connectivity index (χ4n) is 2.96. The summed E-state index contributed by atoms with van der Waals surface area (Å²) in [6.45, 7) is 1.29. The zero-order chi connectivity index (χ0) is 18.1. The molecule has 2 heterocycles. The molecule has 2 aromatic carbocycles. The van der Waals surface area contributed by atoms with Crippen LogP contribution < -0.4 is 5.43 Å². The van der Waals surface area contributed by atoms with Crippen LogP contribution in [0, 0.1) is 4.77 Å². The third kappa shape index (κ3) is 3.35. The van der Waals surface area contributed by atoms with E-state index in [-0.39, 0.29) is 0 Å². The van der Waals surface area contributed by atoms with Crippen molar-refractivity contribution in [2.45, 2.75) is 13.1 Å². The van der Waals surface area contributed by atoms with E-state index in [1.165, 1.54) is 5.39 Å². The van der Waals surface area contributed by atoms with E-state index in [9.17, 15) is 0 Å². The molecule has 0 amide bonds. The fraction of sp³-hybridized carbons (Fsp3) is 0.111. The summed E-state index contributed by atoms with van der Waals surface area (Å²) in [5.74, 6) is 0. The zero-order valence-electron chi connectivity index (χ0n) is 13.6. The highest BCUT2D eigenvalue weighted by atomic mass is 35.5. The lowest BCUT2D eigenvalue weighted by atomic mass is 10.2. The number of benzene rings is 2. The van der Waals surface area contributed by atoms with Gasteiger partial charge in [0.2, 0.25) is 4.77 Å². The minimum Gasteiger partial charge on any atom is -0.343 e. The molecule has 4 rings (SSSR count). The Morgan fingerprint density at radius 3 is 2.73 bits per heavy atom. The Bertz CT molecular complexity index is 1130. The molecule has 0 fully saturated rings. The van der Waals surface area contributed by atoms with Crippen molar-refractivity contribution >= 4 is 46.3 Å². The molecule has 0 aliphatic carbocycles.